The van der Waals surface area contributed by atoms with E-state index in [2.05, 4.69) is 20.3 Å². The smallest absolute Gasteiger partial charge is 0.332 e. The number of hydrogen-bond acceptors (Lipinski definition) is 7. The summed E-state index contributed by atoms with van der Waals surface area (Å²) >= 11 is 0. The molecule has 0 aliphatic rings. The van der Waals surface area contributed by atoms with E-state index in [1.54, 1.807) is 12.4 Å². The maximum Gasteiger partial charge on any atom is 0.332 e. The molecule has 0 bridgehead atoms. The lowest BCUT2D eigenvalue weighted by atomic mass is 10.1. The van der Waals surface area contributed by atoms with Crippen molar-refractivity contribution < 1.29 is 4.92 Å². The molecular formula is C12H14N6O2. The fourth-order valence-electron chi connectivity index (χ4n) is 1.81. The van der Waals surface area contributed by atoms with Gasteiger partial charge < -0.3 is 11.1 Å². The number of pyridine rings is 1. The molecule has 0 aliphatic carbocycles. The minimum absolute atomic E-state index is 0.00190. The van der Waals surface area contributed by atoms with Crippen LogP contribution in [-0.2, 0) is 6.54 Å². The molecule has 0 unspecified atom stereocenters. The van der Waals surface area contributed by atoms with Gasteiger partial charge in [0.25, 0.3) is 0 Å². The lowest BCUT2D eigenvalue weighted by Gasteiger charge is -2.09. The van der Waals surface area contributed by atoms with Crippen molar-refractivity contribution in [3.8, 4) is 0 Å². The zero-order valence-corrected chi connectivity index (χ0v) is 11.1. The SMILES string of the molecule is Cc1cnccc1CNc1nc(N)nc(C)c1[N+](=O)[O-]. The van der Waals surface area contributed by atoms with Crippen molar-refractivity contribution in [3.63, 3.8) is 0 Å². The van der Waals surface area contributed by atoms with E-state index in [0.29, 0.717) is 6.54 Å². The number of anilines is 2. The zero-order chi connectivity index (χ0) is 14.7. The fraction of sp³-hybridized carbons (Fsp3) is 0.250. The number of aryl methyl sites for hydroxylation is 2. The van der Waals surface area contributed by atoms with Gasteiger partial charge in [-0.05, 0) is 31.0 Å². The molecule has 0 saturated heterocycles. The second-order valence-electron chi connectivity index (χ2n) is 4.28. The van der Waals surface area contributed by atoms with Crippen LogP contribution < -0.4 is 11.1 Å². The number of rotatable bonds is 4. The second kappa shape index (κ2) is 5.47. The highest BCUT2D eigenvalue weighted by atomic mass is 16.6. The van der Waals surface area contributed by atoms with Crippen LogP contribution in [0.4, 0.5) is 17.5 Å². The Hall–Kier alpha value is -2.77. The van der Waals surface area contributed by atoms with Crippen LogP contribution in [0, 0.1) is 24.0 Å². The minimum atomic E-state index is -0.517. The Morgan fingerprint density at radius 1 is 1.40 bits per heavy atom. The number of nitrogens with zero attached hydrogens (tertiary/aromatic N) is 4. The van der Waals surface area contributed by atoms with Gasteiger partial charge in [0.2, 0.25) is 11.8 Å². The molecule has 8 heteroatoms. The van der Waals surface area contributed by atoms with Crippen LogP contribution in [0.15, 0.2) is 18.5 Å². The third-order valence-electron chi connectivity index (χ3n) is 2.84. The highest BCUT2D eigenvalue weighted by molar-refractivity contribution is 5.60. The Morgan fingerprint density at radius 2 is 2.15 bits per heavy atom. The lowest BCUT2D eigenvalue weighted by molar-refractivity contribution is -0.385. The van der Waals surface area contributed by atoms with Crippen molar-refractivity contribution in [1.29, 1.82) is 0 Å². The maximum absolute atomic E-state index is 11.1. The van der Waals surface area contributed by atoms with Crippen molar-refractivity contribution in [2.24, 2.45) is 0 Å². The lowest BCUT2D eigenvalue weighted by Crippen LogP contribution is -2.10. The monoisotopic (exact) mass is 274 g/mol. The van der Waals surface area contributed by atoms with E-state index < -0.39 is 4.92 Å². The largest absolute Gasteiger partial charge is 0.368 e. The van der Waals surface area contributed by atoms with E-state index in [1.807, 2.05) is 13.0 Å². The van der Waals surface area contributed by atoms with E-state index in [4.69, 9.17) is 5.73 Å². The number of aromatic nitrogens is 3. The van der Waals surface area contributed by atoms with Crippen LogP contribution >= 0.6 is 0 Å². The van der Waals surface area contributed by atoms with Crippen molar-refractivity contribution in [2.45, 2.75) is 20.4 Å². The summed E-state index contributed by atoms with van der Waals surface area (Å²) in [6.07, 6.45) is 3.39. The summed E-state index contributed by atoms with van der Waals surface area (Å²) in [7, 11) is 0. The van der Waals surface area contributed by atoms with Crippen molar-refractivity contribution >= 4 is 17.5 Å². The van der Waals surface area contributed by atoms with Crippen molar-refractivity contribution in [2.75, 3.05) is 11.1 Å². The predicted octanol–water partition coefficient (Wildman–Crippen LogP) is 1.59. The highest BCUT2D eigenvalue weighted by Gasteiger charge is 2.21. The van der Waals surface area contributed by atoms with Gasteiger partial charge in [-0.2, -0.15) is 4.98 Å². The Morgan fingerprint density at radius 3 is 2.80 bits per heavy atom. The molecule has 0 aromatic carbocycles. The Balaban J connectivity index is 2.30. The summed E-state index contributed by atoms with van der Waals surface area (Å²) < 4.78 is 0. The minimum Gasteiger partial charge on any atom is -0.368 e. The van der Waals surface area contributed by atoms with E-state index in [0.717, 1.165) is 11.1 Å². The first-order chi connectivity index (χ1) is 9.49. The van der Waals surface area contributed by atoms with Crippen molar-refractivity contribution in [1.82, 2.24) is 15.0 Å². The molecule has 0 saturated carbocycles. The van der Waals surface area contributed by atoms with Gasteiger partial charge in [0.05, 0.1) is 4.92 Å². The van der Waals surface area contributed by atoms with Gasteiger partial charge in [0.1, 0.15) is 5.69 Å². The summed E-state index contributed by atoms with van der Waals surface area (Å²) in [5, 5.41) is 14.0. The Bertz CT molecular complexity index is 658. The standard InChI is InChI=1S/C12H14N6O2/c1-7-5-14-4-3-9(7)6-15-11-10(18(19)20)8(2)16-12(13)17-11/h3-5H,6H2,1-2H3,(H3,13,15,16,17). The number of hydrogen-bond donors (Lipinski definition) is 2. The van der Waals surface area contributed by atoms with E-state index >= 15 is 0 Å². The van der Waals surface area contributed by atoms with E-state index in [-0.39, 0.29) is 23.1 Å². The summed E-state index contributed by atoms with van der Waals surface area (Å²) in [4.78, 5) is 22.2. The van der Waals surface area contributed by atoms with Crippen LogP contribution in [0.25, 0.3) is 0 Å². The zero-order valence-electron chi connectivity index (χ0n) is 11.1. The number of nitro groups is 1. The molecular weight excluding hydrogens is 260 g/mol. The molecule has 0 fully saturated rings. The van der Waals surface area contributed by atoms with Gasteiger partial charge in [-0.3, -0.25) is 15.1 Å². The van der Waals surface area contributed by atoms with Crippen LogP contribution in [0.1, 0.15) is 16.8 Å². The number of nitrogen functional groups attached to an aromatic ring is 1. The summed E-state index contributed by atoms with van der Waals surface area (Å²) in [5.41, 5.74) is 7.57. The van der Waals surface area contributed by atoms with Crippen LogP contribution in [0.3, 0.4) is 0 Å². The highest BCUT2D eigenvalue weighted by Crippen LogP contribution is 2.26. The second-order valence-corrected chi connectivity index (χ2v) is 4.28. The average molecular weight is 274 g/mol. The van der Waals surface area contributed by atoms with Crippen LogP contribution in [-0.4, -0.2) is 19.9 Å². The normalized spacial score (nSPS) is 10.3. The van der Waals surface area contributed by atoms with Gasteiger partial charge >= 0.3 is 5.69 Å². The predicted molar refractivity (Wildman–Crippen MR) is 74.1 cm³/mol. The molecule has 2 heterocycles. The Labute approximate surface area is 115 Å². The summed E-state index contributed by atoms with van der Waals surface area (Å²) in [6.45, 7) is 3.84. The van der Waals surface area contributed by atoms with Crippen LogP contribution in [0.5, 0.6) is 0 Å². The van der Waals surface area contributed by atoms with Gasteiger partial charge in [-0.25, -0.2) is 4.98 Å². The number of nitrogens with two attached hydrogens (primary N) is 1. The maximum atomic E-state index is 11.1. The van der Waals surface area contributed by atoms with E-state index in [9.17, 15) is 10.1 Å². The van der Waals surface area contributed by atoms with Gasteiger partial charge in [-0.1, -0.05) is 0 Å². The van der Waals surface area contributed by atoms with Crippen LogP contribution in [0.2, 0.25) is 0 Å². The molecule has 20 heavy (non-hydrogen) atoms. The van der Waals surface area contributed by atoms with Gasteiger partial charge in [0, 0.05) is 18.9 Å². The third-order valence-corrected chi connectivity index (χ3v) is 2.84. The molecule has 2 aromatic heterocycles. The molecule has 0 aliphatic heterocycles. The quantitative estimate of drug-likeness (QED) is 0.641. The topological polar surface area (TPSA) is 120 Å². The first-order valence-electron chi connectivity index (χ1n) is 5.91. The summed E-state index contributed by atoms with van der Waals surface area (Å²) in [6, 6.07) is 1.84. The van der Waals surface area contributed by atoms with Gasteiger partial charge in [0.15, 0.2) is 0 Å². The molecule has 8 nitrogen and oxygen atoms in total. The number of nitrogens with one attached hydrogen (secondary N) is 1. The molecule has 104 valence electrons. The summed E-state index contributed by atoms with van der Waals surface area (Å²) in [5.74, 6) is 0.123. The van der Waals surface area contributed by atoms with Gasteiger partial charge in [-0.15, -0.1) is 0 Å². The fourth-order valence-corrected chi connectivity index (χ4v) is 1.81. The molecule has 2 aromatic rings. The Kier molecular flexibility index (Phi) is 3.74. The van der Waals surface area contributed by atoms with Crippen molar-refractivity contribution in [3.05, 3.63) is 45.4 Å². The third kappa shape index (κ3) is 2.79. The first kappa shape index (κ1) is 13.7. The average Bonchev–Trinajstić information content (AvgIpc) is 2.36. The molecule has 0 spiro atoms. The molecule has 0 amide bonds. The molecule has 3 N–H and O–H groups in total. The molecule has 0 radical (unpaired) electrons. The molecule has 2 rings (SSSR count). The first-order valence-corrected chi connectivity index (χ1v) is 5.91. The molecule has 0 atom stereocenters. The van der Waals surface area contributed by atoms with E-state index in [1.165, 1.54) is 6.92 Å².